The van der Waals surface area contributed by atoms with E-state index in [0.29, 0.717) is 17.1 Å². The first-order valence-corrected chi connectivity index (χ1v) is 13.3. The topological polar surface area (TPSA) is 209 Å². The second kappa shape index (κ2) is 11.5. The Labute approximate surface area is 217 Å². The summed E-state index contributed by atoms with van der Waals surface area (Å²) in [6, 6.07) is 4.84. The maximum absolute atomic E-state index is 12.8. The molecule has 0 bridgehead atoms. The van der Waals surface area contributed by atoms with E-state index in [1.54, 1.807) is 24.3 Å². The monoisotopic (exact) mass is 553 g/mol. The molecule has 1 fully saturated rings. The second-order valence-corrected chi connectivity index (χ2v) is 10.4. The Morgan fingerprint density at radius 2 is 2.00 bits per heavy atom. The molecule has 14 nitrogen and oxygen atoms in total. The van der Waals surface area contributed by atoms with Gasteiger partial charge in [0.25, 0.3) is 11.8 Å². The lowest BCUT2D eigenvalue weighted by Gasteiger charge is -2.42. The normalized spacial score (nSPS) is 17.8. The molecule has 0 unspecified atom stereocenters. The third kappa shape index (κ3) is 6.93. The summed E-state index contributed by atoms with van der Waals surface area (Å²) >= 11 is 1.06. The second-order valence-electron chi connectivity index (χ2n) is 8.19. The van der Waals surface area contributed by atoms with Crippen molar-refractivity contribution in [2.75, 3.05) is 18.9 Å². The SMILES string of the molecule is CC(C)NC(=N)c1ccc(OCCON=C(C(=O)N[C@@H]2C(=O)N(S(=O)(=O)O)[C@H]2C)c2csc(N)n2)cc1. The van der Waals surface area contributed by atoms with E-state index in [-0.39, 0.29) is 40.1 Å². The average molecular weight is 554 g/mol. The van der Waals surface area contributed by atoms with E-state index in [1.807, 2.05) is 13.8 Å². The van der Waals surface area contributed by atoms with Crippen molar-refractivity contribution in [3.63, 3.8) is 0 Å². The minimum atomic E-state index is -4.73. The van der Waals surface area contributed by atoms with Gasteiger partial charge in [0.1, 0.15) is 29.9 Å². The Hall–Kier alpha value is -3.76. The highest BCUT2D eigenvalue weighted by molar-refractivity contribution is 7.84. The van der Waals surface area contributed by atoms with Crippen molar-refractivity contribution in [3.05, 3.63) is 40.9 Å². The molecule has 37 heavy (non-hydrogen) atoms. The molecule has 2 amide bonds. The zero-order chi connectivity index (χ0) is 27.3. The van der Waals surface area contributed by atoms with Gasteiger partial charge in [0, 0.05) is 17.0 Å². The summed E-state index contributed by atoms with van der Waals surface area (Å²) < 4.78 is 37.5. The van der Waals surface area contributed by atoms with Gasteiger partial charge in [-0.05, 0) is 45.0 Å². The number of thiazole rings is 1. The Kier molecular flexibility index (Phi) is 8.67. The van der Waals surface area contributed by atoms with Crippen LogP contribution in [-0.4, -0.2) is 77.0 Å². The predicted octanol–water partition coefficient (Wildman–Crippen LogP) is 0.367. The van der Waals surface area contributed by atoms with Gasteiger partial charge in [-0.2, -0.15) is 8.42 Å². The predicted molar refractivity (Wildman–Crippen MR) is 136 cm³/mol. The number of benzene rings is 1. The number of hydrogen-bond acceptors (Lipinski definition) is 11. The van der Waals surface area contributed by atoms with Crippen LogP contribution < -0.4 is 21.1 Å². The Morgan fingerprint density at radius 3 is 2.54 bits per heavy atom. The highest BCUT2D eigenvalue weighted by Crippen LogP contribution is 2.23. The Balaban J connectivity index is 1.58. The van der Waals surface area contributed by atoms with Crippen LogP contribution in [0.4, 0.5) is 5.13 Å². The van der Waals surface area contributed by atoms with E-state index >= 15 is 0 Å². The van der Waals surface area contributed by atoms with Crippen LogP contribution in [0.25, 0.3) is 0 Å². The molecule has 1 aromatic carbocycles. The minimum Gasteiger partial charge on any atom is -0.490 e. The number of nitrogens with one attached hydrogen (secondary N) is 3. The van der Waals surface area contributed by atoms with Crippen molar-refractivity contribution in [1.82, 2.24) is 19.9 Å². The highest BCUT2D eigenvalue weighted by atomic mass is 32.2. The number of oxime groups is 1. The molecule has 6 N–H and O–H groups in total. The van der Waals surface area contributed by atoms with Gasteiger partial charge in [0.15, 0.2) is 17.5 Å². The summed E-state index contributed by atoms with van der Waals surface area (Å²) in [5, 5.41) is 18.8. The van der Waals surface area contributed by atoms with Crippen molar-refractivity contribution in [2.45, 2.75) is 38.9 Å². The Morgan fingerprint density at radius 1 is 1.32 bits per heavy atom. The number of anilines is 1. The number of ether oxygens (including phenoxy) is 1. The number of amidine groups is 1. The molecular weight excluding hydrogens is 526 g/mol. The van der Waals surface area contributed by atoms with Gasteiger partial charge < -0.3 is 25.9 Å². The molecule has 200 valence electrons. The molecule has 1 aliphatic rings. The Bertz CT molecular complexity index is 1290. The number of aromatic nitrogens is 1. The molecule has 0 saturated carbocycles. The van der Waals surface area contributed by atoms with Crippen LogP contribution in [0.2, 0.25) is 0 Å². The summed E-state index contributed by atoms with van der Waals surface area (Å²) in [7, 11) is -4.73. The molecule has 3 rings (SSSR count). The number of amides is 2. The van der Waals surface area contributed by atoms with Crippen LogP contribution in [0.15, 0.2) is 34.8 Å². The fourth-order valence-electron chi connectivity index (χ4n) is 3.31. The van der Waals surface area contributed by atoms with Crippen LogP contribution >= 0.6 is 11.3 Å². The summed E-state index contributed by atoms with van der Waals surface area (Å²) in [4.78, 5) is 34.1. The molecule has 16 heteroatoms. The number of carbonyl (C=O) groups excluding carboxylic acids is 2. The number of rotatable bonds is 11. The minimum absolute atomic E-state index is 0.0435. The lowest BCUT2D eigenvalue weighted by molar-refractivity contribution is -0.143. The van der Waals surface area contributed by atoms with Crippen LogP contribution in [-0.2, 0) is 24.7 Å². The summed E-state index contributed by atoms with van der Waals surface area (Å²) in [5.74, 6) is -0.994. The van der Waals surface area contributed by atoms with E-state index in [2.05, 4.69) is 20.8 Å². The lowest BCUT2D eigenvalue weighted by Crippen LogP contribution is -2.71. The fraction of sp³-hybridized carbons (Fsp3) is 0.381. The number of nitrogens with zero attached hydrogens (tertiary/aromatic N) is 3. The van der Waals surface area contributed by atoms with Crippen LogP contribution in [0.1, 0.15) is 32.0 Å². The zero-order valence-corrected chi connectivity index (χ0v) is 21.8. The van der Waals surface area contributed by atoms with Gasteiger partial charge in [0.05, 0.1) is 6.04 Å². The zero-order valence-electron chi connectivity index (χ0n) is 20.2. The van der Waals surface area contributed by atoms with Crippen molar-refractivity contribution >= 4 is 50.1 Å². The van der Waals surface area contributed by atoms with E-state index in [9.17, 15) is 18.0 Å². The molecular formula is C21H27N7O7S2. The van der Waals surface area contributed by atoms with E-state index in [0.717, 1.165) is 11.3 Å². The van der Waals surface area contributed by atoms with Crippen LogP contribution in [0, 0.1) is 5.41 Å². The van der Waals surface area contributed by atoms with Gasteiger partial charge in [-0.15, -0.1) is 11.3 Å². The first-order valence-electron chi connectivity index (χ1n) is 11.0. The van der Waals surface area contributed by atoms with E-state index in [1.165, 1.54) is 12.3 Å². The van der Waals surface area contributed by atoms with Gasteiger partial charge in [0.2, 0.25) is 0 Å². The number of hydrogen-bond donors (Lipinski definition) is 5. The van der Waals surface area contributed by atoms with Gasteiger partial charge >= 0.3 is 10.3 Å². The smallest absolute Gasteiger partial charge is 0.362 e. The maximum atomic E-state index is 12.8. The van der Waals surface area contributed by atoms with Gasteiger partial charge in [-0.3, -0.25) is 19.6 Å². The molecule has 0 radical (unpaired) electrons. The maximum Gasteiger partial charge on any atom is 0.362 e. The third-order valence-corrected chi connectivity index (χ3v) is 6.71. The highest BCUT2D eigenvalue weighted by Gasteiger charge is 2.51. The quantitative estimate of drug-likeness (QED) is 0.0644. The lowest BCUT2D eigenvalue weighted by atomic mass is 10.0. The molecule has 2 aromatic rings. The molecule has 2 heterocycles. The number of nitrogen functional groups attached to an aromatic ring is 1. The number of β-lactam (4-membered cyclic amide) rings is 1. The molecule has 0 spiro atoms. The van der Waals surface area contributed by atoms with Gasteiger partial charge in [-0.1, -0.05) is 5.16 Å². The average Bonchev–Trinajstić information content (AvgIpc) is 3.24. The van der Waals surface area contributed by atoms with Crippen LogP contribution in [0.5, 0.6) is 5.75 Å². The first-order chi connectivity index (χ1) is 17.4. The summed E-state index contributed by atoms with van der Waals surface area (Å²) in [6.45, 7) is 5.27. The van der Waals surface area contributed by atoms with E-state index < -0.39 is 34.2 Å². The molecule has 1 aromatic heterocycles. The largest absolute Gasteiger partial charge is 0.490 e. The third-order valence-electron chi connectivity index (χ3n) is 5.03. The summed E-state index contributed by atoms with van der Waals surface area (Å²) in [5.41, 5.74) is 6.17. The van der Waals surface area contributed by atoms with Crippen molar-refractivity contribution in [1.29, 1.82) is 5.41 Å². The number of carbonyl (C=O) groups is 2. The van der Waals surface area contributed by atoms with E-state index in [4.69, 9.17) is 25.3 Å². The van der Waals surface area contributed by atoms with Crippen molar-refractivity contribution in [2.24, 2.45) is 5.16 Å². The molecule has 1 saturated heterocycles. The van der Waals surface area contributed by atoms with Crippen molar-refractivity contribution < 1.29 is 32.1 Å². The van der Waals surface area contributed by atoms with Gasteiger partial charge in [-0.25, -0.2) is 9.29 Å². The molecule has 2 atom stereocenters. The van der Waals surface area contributed by atoms with Crippen molar-refractivity contribution in [3.8, 4) is 5.75 Å². The van der Waals surface area contributed by atoms with Crippen LogP contribution in [0.3, 0.4) is 0 Å². The molecule has 0 aliphatic carbocycles. The number of nitrogens with two attached hydrogens (primary N) is 1. The standard InChI is InChI=1S/C21H27N7O7S2/c1-11(2)24-18(22)13-4-6-14(7-5-13)34-8-9-35-27-17(15-10-36-21(23)25-15)19(29)26-16-12(3)28(20(16)30)37(31,32)33/h4-7,10-12,16H,8-9H2,1-3H3,(H2,22,24)(H2,23,25)(H,26,29)(H,31,32,33)/t12-,16-/m0/s1. The molecule has 1 aliphatic heterocycles. The first kappa shape index (κ1) is 27.8. The summed E-state index contributed by atoms with van der Waals surface area (Å²) in [6.07, 6.45) is 0. The fourth-order valence-corrected chi connectivity index (χ4v) is 4.74.